The smallest absolute Gasteiger partial charge is 0.0692 e. The molecule has 2 heteroatoms. The van der Waals surface area contributed by atoms with Crippen molar-refractivity contribution in [2.75, 3.05) is 6.61 Å². The molecular formula is C31H25OP. The van der Waals surface area contributed by atoms with Crippen molar-refractivity contribution >= 4 is 18.8 Å². The lowest BCUT2D eigenvalue weighted by Crippen LogP contribution is -2.28. The molecular weight excluding hydrogens is 419 g/mol. The normalized spacial score (nSPS) is 20.7. The van der Waals surface area contributed by atoms with Crippen LogP contribution in [0.25, 0.3) is 10.9 Å². The highest BCUT2D eigenvalue weighted by Gasteiger charge is 2.60. The number of hydrogen-bond acceptors (Lipinski definition) is 1. The Bertz CT molecular complexity index is 1290. The molecule has 4 aromatic rings. The molecule has 2 aliphatic heterocycles. The second-order valence-corrected chi connectivity index (χ2v) is 11.0. The number of aliphatic hydroxyl groups excluding tert-OH is 1. The molecule has 2 bridgehead atoms. The fourth-order valence-corrected chi connectivity index (χ4v) is 9.50. The van der Waals surface area contributed by atoms with Gasteiger partial charge in [0.05, 0.1) is 11.8 Å². The zero-order valence-electron chi connectivity index (χ0n) is 18.3. The van der Waals surface area contributed by atoms with Crippen LogP contribution in [-0.4, -0.2) is 11.7 Å². The molecule has 2 aliphatic rings. The predicted octanol–water partition coefficient (Wildman–Crippen LogP) is 7.50. The van der Waals surface area contributed by atoms with Crippen LogP contribution < -0.4 is 0 Å². The van der Waals surface area contributed by atoms with E-state index in [0.29, 0.717) is 0 Å². The second kappa shape index (κ2) is 8.27. The van der Waals surface area contributed by atoms with Crippen LogP contribution >= 0.6 is 7.92 Å². The Hall–Kier alpha value is -3.25. The highest BCUT2D eigenvalue weighted by atomic mass is 31.1. The summed E-state index contributed by atoms with van der Waals surface area (Å²) in [6, 6.07) is 43.3. The summed E-state index contributed by atoms with van der Waals surface area (Å²) < 4.78 is 0. The van der Waals surface area contributed by atoms with Gasteiger partial charge < -0.3 is 5.11 Å². The number of hydrogen-bond donors (Lipinski definition) is 1. The summed E-state index contributed by atoms with van der Waals surface area (Å²) in [4.78, 5) is 0. The highest BCUT2D eigenvalue weighted by Crippen LogP contribution is 2.84. The Morgan fingerprint density at radius 1 is 0.606 bits per heavy atom. The van der Waals surface area contributed by atoms with Crippen LogP contribution in [0.15, 0.2) is 133 Å². The van der Waals surface area contributed by atoms with Crippen LogP contribution in [0.3, 0.4) is 0 Å². The molecule has 4 aromatic carbocycles. The third-order valence-electron chi connectivity index (χ3n) is 6.99. The first-order valence-corrected chi connectivity index (χ1v) is 12.8. The lowest BCUT2D eigenvalue weighted by atomic mass is 9.74. The van der Waals surface area contributed by atoms with Crippen molar-refractivity contribution < 1.29 is 5.11 Å². The second-order valence-electron chi connectivity index (χ2n) is 8.61. The molecule has 0 saturated carbocycles. The van der Waals surface area contributed by atoms with E-state index in [1.807, 2.05) is 0 Å². The molecule has 2 heterocycles. The quantitative estimate of drug-likeness (QED) is 0.316. The van der Waals surface area contributed by atoms with Crippen molar-refractivity contribution in [3.63, 3.8) is 0 Å². The van der Waals surface area contributed by atoms with Crippen molar-refractivity contribution in [3.8, 4) is 0 Å². The number of benzene rings is 4. The fraction of sp³-hybridized carbons (Fsp3) is 0.0968. The summed E-state index contributed by atoms with van der Waals surface area (Å²) in [5.41, 5.74) is 6.44. The van der Waals surface area contributed by atoms with Gasteiger partial charge in [-0.2, -0.15) is 0 Å². The Labute approximate surface area is 196 Å². The maximum atomic E-state index is 10.8. The standard InChI is InChI=1S/C31H25OP/c32-22-29-30(24-15-7-2-8-16-24)27-21-28(23-13-5-1-6-14-23)33(29)31(27,25-17-9-3-10-18-25)26-19-11-4-12-20-26/h1-21,27,32H,22H2. The van der Waals surface area contributed by atoms with Crippen molar-refractivity contribution in [3.05, 3.63) is 155 Å². The molecule has 0 aromatic heterocycles. The van der Waals surface area contributed by atoms with Gasteiger partial charge in [0.15, 0.2) is 0 Å². The van der Waals surface area contributed by atoms with Crippen molar-refractivity contribution in [2.45, 2.75) is 5.16 Å². The zero-order valence-corrected chi connectivity index (χ0v) is 19.2. The topological polar surface area (TPSA) is 20.2 Å². The maximum absolute atomic E-state index is 10.8. The van der Waals surface area contributed by atoms with Crippen LogP contribution in [0.4, 0.5) is 0 Å². The van der Waals surface area contributed by atoms with Gasteiger partial charge in [0.1, 0.15) is 0 Å². The van der Waals surface area contributed by atoms with Gasteiger partial charge in [0.2, 0.25) is 0 Å². The monoisotopic (exact) mass is 444 g/mol. The summed E-state index contributed by atoms with van der Waals surface area (Å²) in [5.74, 6) is 0.160. The fourth-order valence-electron chi connectivity index (χ4n) is 5.76. The summed E-state index contributed by atoms with van der Waals surface area (Å²) in [5, 5.41) is 13.2. The van der Waals surface area contributed by atoms with E-state index in [9.17, 15) is 5.11 Å². The third-order valence-corrected chi connectivity index (χ3v) is 10.3. The molecule has 33 heavy (non-hydrogen) atoms. The average molecular weight is 445 g/mol. The van der Waals surface area contributed by atoms with Gasteiger partial charge in [-0.1, -0.05) is 127 Å². The first kappa shape index (κ1) is 20.4. The van der Waals surface area contributed by atoms with Crippen LogP contribution in [0.2, 0.25) is 0 Å². The minimum Gasteiger partial charge on any atom is -0.392 e. The summed E-state index contributed by atoms with van der Waals surface area (Å²) in [7, 11) is -0.845. The van der Waals surface area contributed by atoms with E-state index in [1.165, 1.54) is 38.5 Å². The van der Waals surface area contributed by atoms with Crippen LogP contribution in [0.5, 0.6) is 0 Å². The summed E-state index contributed by atoms with van der Waals surface area (Å²) >= 11 is 0. The maximum Gasteiger partial charge on any atom is 0.0692 e. The zero-order chi connectivity index (χ0) is 22.3. The SMILES string of the molecule is OCC1=C(c2ccccc2)C2C=C(c3ccccc3)P1C2(c1ccccc1)c1ccccc1. The molecule has 2 atom stereocenters. The molecule has 0 radical (unpaired) electrons. The van der Waals surface area contributed by atoms with Gasteiger partial charge in [-0.05, 0) is 46.4 Å². The van der Waals surface area contributed by atoms with Crippen LogP contribution in [0.1, 0.15) is 22.3 Å². The first-order chi connectivity index (χ1) is 16.4. The van der Waals surface area contributed by atoms with Crippen LogP contribution in [-0.2, 0) is 5.16 Å². The van der Waals surface area contributed by atoms with Gasteiger partial charge in [-0.3, -0.25) is 0 Å². The minimum absolute atomic E-state index is 0.0814. The Kier molecular flexibility index (Phi) is 5.10. The molecule has 1 N–H and O–H groups in total. The number of fused-ring (bicyclic) bond motifs is 2. The molecule has 0 spiro atoms. The predicted molar refractivity (Wildman–Crippen MR) is 139 cm³/mol. The number of allylic oxidation sites excluding steroid dienone is 2. The van der Waals surface area contributed by atoms with Crippen molar-refractivity contribution in [2.24, 2.45) is 5.92 Å². The van der Waals surface area contributed by atoms with Gasteiger partial charge in [-0.25, -0.2) is 0 Å². The van der Waals surface area contributed by atoms with Crippen molar-refractivity contribution in [1.29, 1.82) is 0 Å². The van der Waals surface area contributed by atoms with E-state index >= 15 is 0 Å². The number of aliphatic hydroxyl groups is 1. The van der Waals surface area contributed by atoms with E-state index in [-0.39, 0.29) is 17.7 Å². The van der Waals surface area contributed by atoms with Gasteiger partial charge in [-0.15, -0.1) is 0 Å². The molecule has 0 amide bonds. The average Bonchev–Trinajstić information content (AvgIpc) is 3.40. The Balaban J connectivity index is 1.67. The van der Waals surface area contributed by atoms with Gasteiger partial charge in [0, 0.05) is 5.92 Å². The molecule has 160 valence electrons. The van der Waals surface area contributed by atoms with Gasteiger partial charge in [0.25, 0.3) is 0 Å². The van der Waals surface area contributed by atoms with E-state index in [2.05, 4.69) is 127 Å². The molecule has 2 unspecified atom stereocenters. The molecule has 0 fully saturated rings. The van der Waals surface area contributed by atoms with E-state index in [4.69, 9.17) is 0 Å². The summed E-state index contributed by atoms with van der Waals surface area (Å²) in [6.07, 6.45) is 2.50. The van der Waals surface area contributed by atoms with Crippen LogP contribution in [0, 0.1) is 5.92 Å². The van der Waals surface area contributed by atoms with E-state index < -0.39 is 7.92 Å². The summed E-state index contributed by atoms with van der Waals surface area (Å²) in [6.45, 7) is 0.0814. The van der Waals surface area contributed by atoms with Gasteiger partial charge >= 0.3 is 0 Å². The Morgan fingerprint density at radius 2 is 1.06 bits per heavy atom. The molecule has 0 saturated heterocycles. The first-order valence-electron chi connectivity index (χ1n) is 11.4. The lowest BCUT2D eigenvalue weighted by Gasteiger charge is -2.38. The molecule has 1 nitrogen and oxygen atoms in total. The minimum atomic E-state index is -0.845. The molecule has 6 rings (SSSR count). The molecule has 0 aliphatic carbocycles. The number of rotatable bonds is 5. The largest absolute Gasteiger partial charge is 0.392 e. The lowest BCUT2D eigenvalue weighted by molar-refractivity contribution is 0.339. The third kappa shape index (κ3) is 3.00. The van der Waals surface area contributed by atoms with E-state index in [0.717, 1.165) is 0 Å². The van der Waals surface area contributed by atoms with E-state index in [1.54, 1.807) is 0 Å². The highest BCUT2D eigenvalue weighted by molar-refractivity contribution is 7.75. The van der Waals surface area contributed by atoms with Crippen molar-refractivity contribution in [1.82, 2.24) is 0 Å². The Morgan fingerprint density at radius 3 is 1.55 bits per heavy atom.